The van der Waals surface area contributed by atoms with Gasteiger partial charge in [0.2, 0.25) is 5.78 Å². The molecule has 0 bridgehead atoms. The summed E-state index contributed by atoms with van der Waals surface area (Å²) in [7, 11) is 0. The van der Waals surface area contributed by atoms with Gasteiger partial charge >= 0.3 is 0 Å². The Morgan fingerprint density at radius 1 is 1.38 bits per heavy atom. The van der Waals surface area contributed by atoms with Crippen LogP contribution < -0.4 is 0 Å². The van der Waals surface area contributed by atoms with E-state index in [4.69, 9.17) is 11.6 Å². The molecule has 0 N–H and O–H groups in total. The molecule has 2 aromatic rings. The Labute approximate surface area is 111 Å². The van der Waals surface area contributed by atoms with Crippen molar-refractivity contribution in [1.29, 1.82) is 0 Å². The minimum Gasteiger partial charge on any atom is -0.288 e. The van der Waals surface area contributed by atoms with Crippen molar-refractivity contribution in [1.82, 2.24) is 0 Å². The van der Waals surface area contributed by atoms with Gasteiger partial charge in [-0.3, -0.25) is 4.79 Å². The first kappa shape index (κ1) is 11.8. The standard InChI is InChI=1S/C12H8BrClOS/c1-7-4-2-3-5-8(7)11(15)10-6-9(13)12(14)16-10/h2-6H,1H3. The van der Waals surface area contributed by atoms with Crippen molar-refractivity contribution in [3.05, 3.63) is 55.1 Å². The van der Waals surface area contributed by atoms with Gasteiger partial charge in [0.25, 0.3) is 0 Å². The lowest BCUT2D eigenvalue weighted by Crippen LogP contribution is -2.00. The summed E-state index contributed by atoms with van der Waals surface area (Å²) in [5.41, 5.74) is 1.71. The van der Waals surface area contributed by atoms with Gasteiger partial charge in [0, 0.05) is 10.0 Å². The number of carbonyl (C=O) groups excluding carboxylic acids is 1. The van der Waals surface area contributed by atoms with Crippen LogP contribution in [-0.2, 0) is 0 Å². The van der Waals surface area contributed by atoms with E-state index in [1.165, 1.54) is 11.3 Å². The smallest absolute Gasteiger partial charge is 0.203 e. The number of halogens is 2. The second kappa shape index (κ2) is 4.70. The molecule has 0 amide bonds. The molecular weight excluding hydrogens is 308 g/mol. The third kappa shape index (κ3) is 2.21. The van der Waals surface area contributed by atoms with E-state index >= 15 is 0 Å². The maximum absolute atomic E-state index is 12.2. The van der Waals surface area contributed by atoms with Crippen molar-refractivity contribution < 1.29 is 4.79 Å². The first-order valence-corrected chi connectivity index (χ1v) is 6.63. The summed E-state index contributed by atoms with van der Waals surface area (Å²) in [5.74, 6) is 0.0238. The van der Waals surface area contributed by atoms with Gasteiger partial charge in [-0.1, -0.05) is 35.9 Å². The van der Waals surface area contributed by atoms with Crippen LogP contribution >= 0.6 is 38.9 Å². The van der Waals surface area contributed by atoms with Crippen LogP contribution in [0.1, 0.15) is 20.8 Å². The Kier molecular flexibility index (Phi) is 3.47. The van der Waals surface area contributed by atoms with Crippen molar-refractivity contribution in [2.45, 2.75) is 6.92 Å². The Hall–Kier alpha value is -0.640. The van der Waals surface area contributed by atoms with Crippen LogP contribution in [0.15, 0.2) is 34.8 Å². The van der Waals surface area contributed by atoms with Gasteiger partial charge in [-0.2, -0.15) is 0 Å². The lowest BCUT2D eigenvalue weighted by molar-refractivity contribution is 0.104. The van der Waals surface area contributed by atoms with E-state index in [0.29, 0.717) is 9.21 Å². The lowest BCUT2D eigenvalue weighted by Gasteiger charge is -2.01. The molecule has 2 rings (SSSR count). The van der Waals surface area contributed by atoms with Crippen molar-refractivity contribution >= 4 is 44.7 Å². The van der Waals surface area contributed by atoms with Crippen LogP contribution in [0.25, 0.3) is 0 Å². The molecule has 0 saturated heterocycles. The van der Waals surface area contributed by atoms with E-state index in [2.05, 4.69) is 15.9 Å². The zero-order valence-electron chi connectivity index (χ0n) is 8.46. The first-order chi connectivity index (χ1) is 7.59. The van der Waals surface area contributed by atoms with Crippen LogP contribution in [0.3, 0.4) is 0 Å². The highest BCUT2D eigenvalue weighted by Gasteiger charge is 2.15. The molecule has 0 saturated carbocycles. The average Bonchev–Trinajstić information content (AvgIpc) is 2.59. The monoisotopic (exact) mass is 314 g/mol. The van der Waals surface area contributed by atoms with Crippen LogP contribution in [0.2, 0.25) is 4.34 Å². The molecule has 0 fully saturated rings. The third-order valence-corrected chi connectivity index (χ3v) is 4.73. The largest absolute Gasteiger partial charge is 0.288 e. The highest BCUT2D eigenvalue weighted by molar-refractivity contribution is 9.10. The first-order valence-electron chi connectivity index (χ1n) is 4.65. The zero-order chi connectivity index (χ0) is 11.7. The van der Waals surface area contributed by atoms with E-state index < -0.39 is 0 Å². The van der Waals surface area contributed by atoms with Crippen LogP contribution in [0.4, 0.5) is 0 Å². The molecule has 0 atom stereocenters. The molecule has 1 aromatic carbocycles. The molecule has 0 aliphatic heterocycles. The van der Waals surface area contributed by atoms with Gasteiger partial charge in [-0.25, -0.2) is 0 Å². The maximum Gasteiger partial charge on any atom is 0.203 e. The zero-order valence-corrected chi connectivity index (χ0v) is 11.6. The van der Waals surface area contributed by atoms with Crippen molar-refractivity contribution in [2.24, 2.45) is 0 Å². The SMILES string of the molecule is Cc1ccccc1C(=O)c1cc(Br)c(Cl)s1. The quantitative estimate of drug-likeness (QED) is 0.734. The number of rotatable bonds is 2. The number of carbonyl (C=O) groups is 1. The summed E-state index contributed by atoms with van der Waals surface area (Å²) < 4.78 is 1.38. The predicted molar refractivity (Wildman–Crippen MR) is 71.6 cm³/mol. The molecule has 4 heteroatoms. The normalized spacial score (nSPS) is 10.4. The highest BCUT2D eigenvalue weighted by Crippen LogP contribution is 2.33. The molecule has 16 heavy (non-hydrogen) atoms. The van der Waals surface area contributed by atoms with E-state index in [-0.39, 0.29) is 5.78 Å². The summed E-state index contributed by atoms with van der Waals surface area (Å²) in [6, 6.07) is 9.31. The maximum atomic E-state index is 12.2. The molecule has 0 radical (unpaired) electrons. The Morgan fingerprint density at radius 3 is 2.62 bits per heavy atom. The summed E-state index contributed by atoms with van der Waals surface area (Å²) in [6.07, 6.45) is 0. The number of hydrogen-bond acceptors (Lipinski definition) is 2. The van der Waals surface area contributed by atoms with Crippen molar-refractivity contribution in [2.75, 3.05) is 0 Å². The number of hydrogen-bond donors (Lipinski definition) is 0. The van der Waals surface area contributed by atoms with Gasteiger partial charge in [0.05, 0.1) is 4.88 Å². The molecule has 0 aliphatic carbocycles. The topological polar surface area (TPSA) is 17.1 Å². The summed E-state index contributed by atoms with van der Waals surface area (Å²) in [6.45, 7) is 1.93. The van der Waals surface area contributed by atoms with Gasteiger partial charge in [0.1, 0.15) is 4.34 Å². The summed E-state index contributed by atoms with van der Waals surface area (Å²) in [4.78, 5) is 12.8. The molecule has 1 heterocycles. The second-order valence-corrected chi connectivity index (χ2v) is 5.88. The molecular formula is C12H8BrClOS. The Morgan fingerprint density at radius 2 is 2.06 bits per heavy atom. The fourth-order valence-corrected chi connectivity index (χ4v) is 3.07. The number of aryl methyl sites for hydroxylation is 1. The van der Waals surface area contributed by atoms with Crippen LogP contribution in [0, 0.1) is 6.92 Å². The molecule has 1 nitrogen and oxygen atoms in total. The van der Waals surface area contributed by atoms with Crippen molar-refractivity contribution in [3.63, 3.8) is 0 Å². The van der Waals surface area contributed by atoms with E-state index in [9.17, 15) is 4.79 Å². The molecule has 0 spiro atoms. The van der Waals surface area contributed by atoms with Crippen LogP contribution in [-0.4, -0.2) is 5.78 Å². The molecule has 0 unspecified atom stereocenters. The fraction of sp³-hybridized carbons (Fsp3) is 0.0833. The third-order valence-electron chi connectivity index (χ3n) is 2.26. The fourth-order valence-electron chi connectivity index (χ4n) is 1.42. The molecule has 1 aromatic heterocycles. The second-order valence-electron chi connectivity index (χ2n) is 3.38. The molecule has 82 valence electrons. The number of ketones is 1. The highest BCUT2D eigenvalue weighted by atomic mass is 79.9. The van der Waals surface area contributed by atoms with Gasteiger partial charge in [0.15, 0.2) is 0 Å². The molecule has 0 aliphatic rings. The number of thiophene rings is 1. The van der Waals surface area contributed by atoms with Gasteiger partial charge < -0.3 is 0 Å². The Balaban J connectivity index is 2.43. The Bertz CT molecular complexity index is 528. The van der Waals surface area contributed by atoms with Gasteiger partial charge in [-0.05, 0) is 34.5 Å². The van der Waals surface area contributed by atoms with Gasteiger partial charge in [-0.15, -0.1) is 11.3 Å². The lowest BCUT2D eigenvalue weighted by atomic mass is 10.0. The van der Waals surface area contributed by atoms with E-state index in [1.807, 2.05) is 31.2 Å². The van der Waals surface area contributed by atoms with Crippen molar-refractivity contribution in [3.8, 4) is 0 Å². The van der Waals surface area contributed by atoms with E-state index in [0.717, 1.165) is 15.6 Å². The predicted octanol–water partition coefficient (Wildman–Crippen LogP) is 4.70. The minimum atomic E-state index is 0.0238. The van der Waals surface area contributed by atoms with E-state index in [1.54, 1.807) is 6.07 Å². The van der Waals surface area contributed by atoms with Crippen LogP contribution in [0.5, 0.6) is 0 Å². The average molecular weight is 316 g/mol. The summed E-state index contributed by atoms with van der Waals surface area (Å²) in [5, 5.41) is 0. The minimum absolute atomic E-state index is 0.0238. The summed E-state index contributed by atoms with van der Waals surface area (Å²) >= 11 is 10.5. The number of benzene rings is 1.